The molecule has 34 heavy (non-hydrogen) atoms. The summed E-state index contributed by atoms with van der Waals surface area (Å²) >= 11 is 0. The van der Waals surface area contributed by atoms with Crippen LogP contribution in [0, 0.1) is 0 Å². The largest absolute Gasteiger partial charge is 0.321 e. The number of hydrogen-bond acceptors (Lipinski definition) is 5. The molecule has 0 aliphatic carbocycles. The number of amides is 1. The Balaban J connectivity index is 1.33. The molecule has 0 spiro atoms. The number of fused-ring (bicyclic) bond motifs is 2. The van der Waals surface area contributed by atoms with E-state index in [0.29, 0.717) is 16.9 Å². The Morgan fingerprint density at radius 1 is 0.824 bits per heavy atom. The quantitative estimate of drug-likeness (QED) is 0.401. The number of para-hydroxylation sites is 3. The number of carbonyl (C=O) groups is 1. The van der Waals surface area contributed by atoms with Gasteiger partial charge in [0, 0.05) is 23.3 Å². The van der Waals surface area contributed by atoms with Gasteiger partial charge >= 0.3 is 0 Å². The van der Waals surface area contributed by atoms with E-state index in [0.717, 1.165) is 33.3 Å². The van der Waals surface area contributed by atoms with Crippen molar-refractivity contribution in [2.24, 2.45) is 0 Å². The van der Waals surface area contributed by atoms with Gasteiger partial charge in [0.05, 0.1) is 39.7 Å². The zero-order valence-corrected chi connectivity index (χ0v) is 18.0. The van der Waals surface area contributed by atoms with E-state index in [1.807, 2.05) is 77.4 Å². The molecule has 0 radical (unpaired) electrons. The monoisotopic (exact) mass is 442 g/mol. The predicted octanol–water partition coefficient (Wildman–Crippen LogP) is 5.28. The fourth-order valence-electron chi connectivity index (χ4n) is 3.97. The number of anilines is 1. The van der Waals surface area contributed by atoms with Crippen LogP contribution in [0.5, 0.6) is 0 Å². The van der Waals surface area contributed by atoms with Gasteiger partial charge in [0.1, 0.15) is 12.1 Å². The van der Waals surface area contributed by atoms with Gasteiger partial charge in [0.25, 0.3) is 5.91 Å². The molecule has 0 aliphatic heterocycles. The molecule has 0 fully saturated rings. The fraction of sp³-hybridized carbons (Fsp3) is 0. The summed E-state index contributed by atoms with van der Waals surface area (Å²) < 4.78 is 1.91. The van der Waals surface area contributed by atoms with Crippen LogP contribution >= 0.6 is 0 Å². The van der Waals surface area contributed by atoms with Crippen molar-refractivity contribution < 1.29 is 4.79 Å². The van der Waals surface area contributed by atoms with Crippen molar-refractivity contribution in [3.63, 3.8) is 0 Å². The van der Waals surface area contributed by atoms with Crippen molar-refractivity contribution in [3.8, 4) is 17.1 Å². The molecule has 7 nitrogen and oxygen atoms in total. The molecular formula is C27H18N6O. The number of carbonyl (C=O) groups excluding carboxylic acids is 1. The Hall–Kier alpha value is -4.91. The predicted molar refractivity (Wildman–Crippen MR) is 132 cm³/mol. The third-order valence-electron chi connectivity index (χ3n) is 5.62. The molecule has 1 N–H and O–H groups in total. The number of rotatable bonds is 4. The normalized spacial score (nSPS) is 11.1. The SMILES string of the molecule is O=C(Nc1ccc(-n2cnc3ccccc32)nc1)c1cc(-c2cccnc2)nc2ccccc12. The Morgan fingerprint density at radius 2 is 1.68 bits per heavy atom. The second-order valence-electron chi connectivity index (χ2n) is 7.78. The lowest BCUT2D eigenvalue weighted by molar-refractivity contribution is 0.102. The summed E-state index contributed by atoms with van der Waals surface area (Å²) in [6.45, 7) is 0. The number of imidazole rings is 1. The molecule has 0 aliphatic rings. The molecule has 6 aromatic rings. The maximum Gasteiger partial charge on any atom is 0.256 e. The summed E-state index contributed by atoms with van der Waals surface area (Å²) in [4.78, 5) is 31.1. The Labute approximate surface area is 194 Å². The topological polar surface area (TPSA) is 85.6 Å². The van der Waals surface area contributed by atoms with Gasteiger partial charge in [-0.15, -0.1) is 0 Å². The Morgan fingerprint density at radius 3 is 2.50 bits per heavy atom. The van der Waals surface area contributed by atoms with Crippen LogP contribution in [0.15, 0.2) is 104 Å². The minimum absolute atomic E-state index is 0.230. The molecule has 6 rings (SSSR count). The van der Waals surface area contributed by atoms with E-state index in [-0.39, 0.29) is 5.91 Å². The lowest BCUT2D eigenvalue weighted by Crippen LogP contribution is -2.13. The third-order valence-corrected chi connectivity index (χ3v) is 5.62. The highest BCUT2D eigenvalue weighted by atomic mass is 16.1. The van der Waals surface area contributed by atoms with Gasteiger partial charge in [-0.2, -0.15) is 0 Å². The molecule has 0 atom stereocenters. The first-order valence-corrected chi connectivity index (χ1v) is 10.8. The number of nitrogens with one attached hydrogen (secondary N) is 1. The zero-order chi connectivity index (χ0) is 22.9. The second-order valence-corrected chi connectivity index (χ2v) is 7.78. The third kappa shape index (κ3) is 3.55. The van der Waals surface area contributed by atoms with Crippen LogP contribution in [-0.4, -0.2) is 30.4 Å². The summed E-state index contributed by atoms with van der Waals surface area (Å²) in [6.07, 6.45) is 6.84. The van der Waals surface area contributed by atoms with E-state index in [9.17, 15) is 4.79 Å². The van der Waals surface area contributed by atoms with Crippen LogP contribution < -0.4 is 5.32 Å². The maximum atomic E-state index is 13.3. The molecule has 4 heterocycles. The molecule has 2 aromatic carbocycles. The minimum atomic E-state index is -0.230. The van der Waals surface area contributed by atoms with E-state index in [1.165, 1.54) is 0 Å². The number of hydrogen-bond donors (Lipinski definition) is 1. The first-order valence-electron chi connectivity index (χ1n) is 10.8. The minimum Gasteiger partial charge on any atom is -0.321 e. The lowest BCUT2D eigenvalue weighted by atomic mass is 10.0. The van der Waals surface area contributed by atoms with Crippen LogP contribution in [0.25, 0.3) is 39.0 Å². The van der Waals surface area contributed by atoms with Crippen molar-refractivity contribution in [3.05, 3.63) is 109 Å². The van der Waals surface area contributed by atoms with Gasteiger partial charge in [0.15, 0.2) is 0 Å². The van der Waals surface area contributed by atoms with Crippen molar-refractivity contribution in [1.82, 2.24) is 24.5 Å². The summed E-state index contributed by atoms with van der Waals surface area (Å²) in [7, 11) is 0. The highest BCUT2D eigenvalue weighted by Crippen LogP contribution is 2.25. The highest BCUT2D eigenvalue weighted by molar-refractivity contribution is 6.13. The number of nitrogens with zero attached hydrogens (tertiary/aromatic N) is 5. The first-order chi connectivity index (χ1) is 16.8. The molecule has 0 saturated carbocycles. The molecule has 4 aromatic heterocycles. The Kier molecular flexibility index (Phi) is 4.77. The van der Waals surface area contributed by atoms with Crippen LogP contribution in [-0.2, 0) is 0 Å². The summed E-state index contributed by atoms with van der Waals surface area (Å²) in [6, 6.07) is 24.7. The summed E-state index contributed by atoms with van der Waals surface area (Å²) in [5, 5.41) is 3.75. The van der Waals surface area contributed by atoms with Crippen molar-refractivity contribution in [2.75, 3.05) is 5.32 Å². The second kappa shape index (κ2) is 8.22. The highest BCUT2D eigenvalue weighted by Gasteiger charge is 2.15. The molecule has 1 amide bonds. The maximum absolute atomic E-state index is 13.3. The van der Waals surface area contributed by atoms with Crippen molar-refractivity contribution in [1.29, 1.82) is 0 Å². The molecule has 0 bridgehead atoms. The van der Waals surface area contributed by atoms with Crippen LogP contribution in [0.3, 0.4) is 0 Å². The van der Waals surface area contributed by atoms with E-state index in [2.05, 4.69) is 20.3 Å². The molecule has 162 valence electrons. The zero-order valence-electron chi connectivity index (χ0n) is 18.0. The van der Waals surface area contributed by atoms with Crippen LogP contribution in [0.2, 0.25) is 0 Å². The van der Waals surface area contributed by atoms with Gasteiger partial charge in [-0.25, -0.2) is 15.0 Å². The van der Waals surface area contributed by atoms with E-state index in [1.54, 1.807) is 31.0 Å². The van der Waals surface area contributed by atoms with Crippen LogP contribution in [0.1, 0.15) is 10.4 Å². The molecular weight excluding hydrogens is 424 g/mol. The fourth-order valence-corrected chi connectivity index (χ4v) is 3.97. The standard InChI is InChI=1S/C27H18N6O/c34-27(21-14-24(18-6-5-13-28-15-18)32-22-8-2-1-7-20(21)22)31-19-11-12-26(29-16-19)33-17-30-23-9-3-4-10-25(23)33/h1-17H,(H,31,34). The van der Waals surface area contributed by atoms with Crippen molar-refractivity contribution in [2.45, 2.75) is 0 Å². The van der Waals surface area contributed by atoms with Crippen LogP contribution in [0.4, 0.5) is 5.69 Å². The van der Waals surface area contributed by atoms with Crippen molar-refractivity contribution >= 4 is 33.5 Å². The number of aromatic nitrogens is 5. The number of pyridine rings is 3. The van der Waals surface area contributed by atoms with E-state index in [4.69, 9.17) is 4.98 Å². The summed E-state index contributed by atoms with van der Waals surface area (Å²) in [5.41, 5.74) is 5.29. The van der Waals surface area contributed by atoms with Gasteiger partial charge < -0.3 is 5.32 Å². The van der Waals surface area contributed by atoms with Gasteiger partial charge in [-0.3, -0.25) is 14.3 Å². The van der Waals surface area contributed by atoms with Gasteiger partial charge in [-0.1, -0.05) is 30.3 Å². The first kappa shape index (κ1) is 19.8. The molecule has 0 saturated heterocycles. The number of benzene rings is 2. The van der Waals surface area contributed by atoms with E-state index < -0.39 is 0 Å². The van der Waals surface area contributed by atoms with Gasteiger partial charge in [0.2, 0.25) is 0 Å². The Bertz CT molecular complexity index is 1640. The smallest absolute Gasteiger partial charge is 0.256 e. The van der Waals surface area contributed by atoms with E-state index >= 15 is 0 Å². The summed E-state index contributed by atoms with van der Waals surface area (Å²) in [5.74, 6) is 0.492. The molecule has 7 heteroatoms. The molecule has 0 unspecified atom stereocenters. The van der Waals surface area contributed by atoms with Gasteiger partial charge in [-0.05, 0) is 48.5 Å². The lowest BCUT2D eigenvalue weighted by Gasteiger charge is -2.11. The average molecular weight is 442 g/mol. The average Bonchev–Trinajstić information content (AvgIpc) is 3.33.